The first-order chi connectivity index (χ1) is 12.5. The molecule has 136 valence electrons. The van der Waals surface area contributed by atoms with Gasteiger partial charge in [-0.1, -0.05) is 28.1 Å². The minimum atomic E-state index is -0.344. The molecule has 5 nitrogen and oxygen atoms in total. The number of amides is 1. The normalized spacial score (nSPS) is 18.0. The van der Waals surface area contributed by atoms with E-state index in [1.165, 1.54) is 7.11 Å². The highest BCUT2D eigenvalue weighted by molar-refractivity contribution is 9.10. The molecule has 26 heavy (non-hydrogen) atoms. The standard InChI is InChI=1S/C20H21BrN2O3/c1-14-19(24)23(18-9-7-17(21)8-10-18)12-11-22(14)13-15-3-5-16(6-4-15)20(25)26-2/h3-10,14H,11-13H2,1-2H3. The van der Waals surface area contributed by atoms with Gasteiger partial charge in [-0.05, 0) is 48.9 Å². The molecule has 1 atom stereocenters. The lowest BCUT2D eigenvalue weighted by Crippen LogP contribution is -2.55. The molecule has 0 saturated carbocycles. The molecule has 1 unspecified atom stereocenters. The van der Waals surface area contributed by atoms with E-state index in [-0.39, 0.29) is 17.9 Å². The third kappa shape index (κ3) is 3.97. The zero-order valence-corrected chi connectivity index (χ0v) is 16.4. The predicted octanol–water partition coefficient (Wildman–Crippen LogP) is 3.47. The highest BCUT2D eigenvalue weighted by atomic mass is 79.9. The summed E-state index contributed by atoms with van der Waals surface area (Å²) in [5.41, 5.74) is 2.52. The molecule has 0 N–H and O–H groups in total. The molecule has 0 aromatic heterocycles. The second-order valence-electron chi connectivity index (χ2n) is 6.30. The van der Waals surface area contributed by atoms with Crippen LogP contribution in [0.25, 0.3) is 0 Å². The van der Waals surface area contributed by atoms with Crippen LogP contribution in [0.4, 0.5) is 5.69 Å². The minimum Gasteiger partial charge on any atom is -0.465 e. The van der Waals surface area contributed by atoms with Crippen LogP contribution in [0.2, 0.25) is 0 Å². The molecule has 1 heterocycles. The van der Waals surface area contributed by atoms with Crippen LogP contribution in [-0.2, 0) is 16.1 Å². The van der Waals surface area contributed by atoms with Gasteiger partial charge in [0, 0.05) is 29.8 Å². The van der Waals surface area contributed by atoms with Crippen LogP contribution in [0.3, 0.4) is 0 Å². The number of benzene rings is 2. The zero-order valence-electron chi connectivity index (χ0n) is 14.8. The van der Waals surface area contributed by atoms with Crippen molar-refractivity contribution in [2.75, 3.05) is 25.1 Å². The number of ether oxygens (including phenoxy) is 1. The second-order valence-corrected chi connectivity index (χ2v) is 7.22. The summed E-state index contributed by atoms with van der Waals surface area (Å²) < 4.78 is 5.71. The molecule has 1 amide bonds. The number of anilines is 1. The van der Waals surface area contributed by atoms with Crippen molar-refractivity contribution >= 4 is 33.5 Å². The lowest BCUT2D eigenvalue weighted by atomic mass is 10.1. The maximum absolute atomic E-state index is 12.8. The van der Waals surface area contributed by atoms with Crippen LogP contribution in [-0.4, -0.2) is 43.0 Å². The Bertz CT molecular complexity index is 790. The molecular weight excluding hydrogens is 396 g/mol. The molecule has 3 rings (SSSR count). The number of halogens is 1. The van der Waals surface area contributed by atoms with Gasteiger partial charge in [0.1, 0.15) is 0 Å². The van der Waals surface area contributed by atoms with Gasteiger partial charge in [-0.2, -0.15) is 0 Å². The summed E-state index contributed by atoms with van der Waals surface area (Å²) in [4.78, 5) is 28.3. The SMILES string of the molecule is COC(=O)c1ccc(CN2CCN(c3ccc(Br)cc3)C(=O)C2C)cc1. The van der Waals surface area contributed by atoms with Crippen molar-refractivity contribution in [3.63, 3.8) is 0 Å². The van der Waals surface area contributed by atoms with E-state index in [0.29, 0.717) is 18.7 Å². The Morgan fingerprint density at radius 2 is 1.77 bits per heavy atom. The van der Waals surface area contributed by atoms with Crippen LogP contribution in [0, 0.1) is 0 Å². The average molecular weight is 417 g/mol. The van der Waals surface area contributed by atoms with Gasteiger partial charge in [0.15, 0.2) is 0 Å². The third-order valence-corrected chi connectivity index (χ3v) is 5.21. The molecule has 0 bridgehead atoms. The van der Waals surface area contributed by atoms with Crippen LogP contribution >= 0.6 is 15.9 Å². The fourth-order valence-corrected chi connectivity index (χ4v) is 3.37. The van der Waals surface area contributed by atoms with E-state index in [9.17, 15) is 9.59 Å². The fraction of sp³-hybridized carbons (Fsp3) is 0.300. The van der Waals surface area contributed by atoms with Crippen LogP contribution in [0.5, 0.6) is 0 Å². The Labute approximate surface area is 161 Å². The summed E-state index contributed by atoms with van der Waals surface area (Å²) in [6, 6.07) is 14.9. The number of rotatable bonds is 4. The molecular formula is C20H21BrN2O3. The Morgan fingerprint density at radius 1 is 1.12 bits per heavy atom. The molecule has 1 aliphatic heterocycles. The summed E-state index contributed by atoms with van der Waals surface area (Å²) in [6.45, 7) is 4.06. The molecule has 0 aliphatic carbocycles. The Kier molecular flexibility index (Phi) is 5.74. The molecule has 0 radical (unpaired) electrons. The van der Waals surface area contributed by atoms with Gasteiger partial charge in [-0.15, -0.1) is 0 Å². The van der Waals surface area contributed by atoms with Crippen molar-refractivity contribution in [1.82, 2.24) is 4.90 Å². The van der Waals surface area contributed by atoms with E-state index in [1.807, 2.05) is 48.2 Å². The summed E-state index contributed by atoms with van der Waals surface area (Å²) >= 11 is 3.42. The molecule has 2 aromatic rings. The maximum Gasteiger partial charge on any atom is 0.337 e. The van der Waals surface area contributed by atoms with Crippen LogP contribution in [0.15, 0.2) is 53.0 Å². The monoisotopic (exact) mass is 416 g/mol. The van der Waals surface area contributed by atoms with Crippen LogP contribution in [0.1, 0.15) is 22.8 Å². The molecule has 6 heteroatoms. The van der Waals surface area contributed by atoms with Gasteiger partial charge < -0.3 is 9.64 Å². The van der Waals surface area contributed by atoms with Gasteiger partial charge in [-0.3, -0.25) is 9.69 Å². The van der Waals surface area contributed by atoms with Gasteiger partial charge in [0.25, 0.3) is 0 Å². The smallest absolute Gasteiger partial charge is 0.337 e. The predicted molar refractivity (Wildman–Crippen MR) is 104 cm³/mol. The largest absolute Gasteiger partial charge is 0.465 e. The summed E-state index contributed by atoms with van der Waals surface area (Å²) in [6.07, 6.45) is 0. The molecule has 1 saturated heterocycles. The first kappa shape index (κ1) is 18.6. The first-order valence-corrected chi connectivity index (χ1v) is 9.27. The number of hydrogen-bond acceptors (Lipinski definition) is 4. The molecule has 1 fully saturated rings. The number of hydrogen-bond donors (Lipinski definition) is 0. The average Bonchev–Trinajstić information content (AvgIpc) is 2.66. The lowest BCUT2D eigenvalue weighted by Gasteiger charge is -2.39. The van der Waals surface area contributed by atoms with E-state index >= 15 is 0 Å². The van der Waals surface area contributed by atoms with E-state index in [2.05, 4.69) is 20.8 Å². The highest BCUT2D eigenvalue weighted by Crippen LogP contribution is 2.23. The van der Waals surface area contributed by atoms with Gasteiger partial charge in [-0.25, -0.2) is 4.79 Å². The number of esters is 1. The topological polar surface area (TPSA) is 49.9 Å². The first-order valence-electron chi connectivity index (χ1n) is 8.48. The van der Waals surface area contributed by atoms with Crippen molar-refractivity contribution in [2.45, 2.75) is 19.5 Å². The summed E-state index contributed by atoms with van der Waals surface area (Å²) in [7, 11) is 1.37. The number of methoxy groups -OCH3 is 1. The number of carbonyl (C=O) groups is 2. The zero-order chi connectivity index (χ0) is 18.7. The summed E-state index contributed by atoms with van der Waals surface area (Å²) in [5.74, 6) is -0.243. The van der Waals surface area contributed by atoms with Gasteiger partial charge in [0.05, 0.1) is 18.7 Å². The molecule has 0 spiro atoms. The van der Waals surface area contributed by atoms with Gasteiger partial charge in [0.2, 0.25) is 5.91 Å². The lowest BCUT2D eigenvalue weighted by molar-refractivity contribution is -0.125. The van der Waals surface area contributed by atoms with Gasteiger partial charge >= 0.3 is 5.97 Å². The van der Waals surface area contributed by atoms with Crippen LogP contribution < -0.4 is 4.90 Å². The summed E-state index contributed by atoms with van der Waals surface area (Å²) in [5, 5.41) is 0. The van der Waals surface area contributed by atoms with E-state index < -0.39 is 0 Å². The van der Waals surface area contributed by atoms with Crippen molar-refractivity contribution in [1.29, 1.82) is 0 Å². The second kappa shape index (κ2) is 8.01. The third-order valence-electron chi connectivity index (χ3n) is 4.68. The minimum absolute atomic E-state index is 0.102. The molecule has 1 aliphatic rings. The fourth-order valence-electron chi connectivity index (χ4n) is 3.11. The number of nitrogens with zero attached hydrogens (tertiary/aromatic N) is 2. The van der Waals surface area contributed by atoms with Crippen molar-refractivity contribution in [2.24, 2.45) is 0 Å². The molecule has 2 aromatic carbocycles. The quantitative estimate of drug-likeness (QED) is 0.715. The van der Waals surface area contributed by atoms with E-state index in [0.717, 1.165) is 22.3 Å². The van der Waals surface area contributed by atoms with E-state index in [1.54, 1.807) is 12.1 Å². The number of piperazine rings is 1. The maximum atomic E-state index is 12.8. The van der Waals surface area contributed by atoms with Crippen molar-refractivity contribution < 1.29 is 14.3 Å². The van der Waals surface area contributed by atoms with Crippen molar-refractivity contribution in [3.05, 3.63) is 64.1 Å². The Balaban J connectivity index is 1.67. The number of carbonyl (C=O) groups excluding carboxylic acids is 2. The van der Waals surface area contributed by atoms with E-state index in [4.69, 9.17) is 4.74 Å². The Morgan fingerprint density at radius 3 is 2.38 bits per heavy atom. The highest BCUT2D eigenvalue weighted by Gasteiger charge is 2.32. The van der Waals surface area contributed by atoms with Crippen molar-refractivity contribution in [3.8, 4) is 0 Å². The Hall–Kier alpha value is -2.18.